The van der Waals surface area contributed by atoms with Gasteiger partial charge >= 0.3 is 5.97 Å². The molecule has 2 aromatic rings. The number of hydrogen-bond acceptors (Lipinski definition) is 7. The number of esters is 1. The molecule has 1 atom stereocenters. The standard InChI is InChI=1S/C21H22FN3O7S/c1-14(20(26)23-16-6-8-17(9-7-16)25(28)29)32-21(27)15-5-10-18(22)19(13-15)33(30,31)24-11-3-2-4-12-24/h5-10,13-14H,2-4,11-12H2,1H3,(H,23,26). The number of non-ortho nitro benzene ring substituents is 1. The summed E-state index contributed by atoms with van der Waals surface area (Å²) in [6, 6.07) is 7.90. The molecule has 0 aliphatic carbocycles. The Morgan fingerprint density at radius 1 is 1.12 bits per heavy atom. The summed E-state index contributed by atoms with van der Waals surface area (Å²) in [7, 11) is -4.12. The number of ether oxygens (including phenoxy) is 1. The van der Waals surface area contributed by atoms with E-state index in [4.69, 9.17) is 4.74 Å². The summed E-state index contributed by atoms with van der Waals surface area (Å²) in [6.07, 6.45) is 0.953. The number of nitrogens with one attached hydrogen (secondary N) is 1. The molecule has 0 saturated carbocycles. The van der Waals surface area contributed by atoms with Crippen LogP contribution in [0.3, 0.4) is 0 Å². The van der Waals surface area contributed by atoms with Crippen molar-refractivity contribution >= 4 is 33.3 Å². The summed E-state index contributed by atoms with van der Waals surface area (Å²) < 4.78 is 46.2. The predicted molar refractivity (Wildman–Crippen MR) is 116 cm³/mol. The number of hydrogen-bond donors (Lipinski definition) is 1. The Bertz CT molecular complexity index is 1160. The van der Waals surface area contributed by atoms with Crippen molar-refractivity contribution in [3.8, 4) is 0 Å². The number of benzene rings is 2. The molecule has 2 aromatic carbocycles. The summed E-state index contributed by atoms with van der Waals surface area (Å²) in [4.78, 5) is 34.3. The van der Waals surface area contributed by atoms with Gasteiger partial charge in [0.25, 0.3) is 11.6 Å². The highest BCUT2D eigenvalue weighted by Crippen LogP contribution is 2.24. The van der Waals surface area contributed by atoms with Crippen LogP contribution in [0.5, 0.6) is 0 Å². The third kappa shape index (κ3) is 5.71. The molecular formula is C21H22FN3O7S. The molecule has 1 fully saturated rings. The summed E-state index contributed by atoms with van der Waals surface area (Å²) in [5, 5.41) is 13.1. The lowest BCUT2D eigenvalue weighted by Gasteiger charge is -2.26. The number of sulfonamides is 1. The van der Waals surface area contributed by atoms with Crippen LogP contribution in [0.15, 0.2) is 47.4 Å². The fraction of sp³-hybridized carbons (Fsp3) is 0.333. The Morgan fingerprint density at radius 3 is 2.36 bits per heavy atom. The van der Waals surface area contributed by atoms with E-state index in [0.29, 0.717) is 12.8 Å². The number of rotatable bonds is 7. The highest BCUT2D eigenvalue weighted by molar-refractivity contribution is 7.89. The Kier molecular flexibility index (Phi) is 7.39. The van der Waals surface area contributed by atoms with Gasteiger partial charge in [0.2, 0.25) is 10.0 Å². The largest absolute Gasteiger partial charge is 0.449 e. The van der Waals surface area contributed by atoms with Crippen LogP contribution in [-0.2, 0) is 19.6 Å². The van der Waals surface area contributed by atoms with E-state index < -0.39 is 43.6 Å². The third-order valence-electron chi connectivity index (χ3n) is 5.10. The van der Waals surface area contributed by atoms with Gasteiger partial charge in [0.15, 0.2) is 6.10 Å². The summed E-state index contributed by atoms with van der Waals surface area (Å²) in [5.41, 5.74) is -0.119. The maximum absolute atomic E-state index is 14.3. The lowest BCUT2D eigenvalue weighted by Crippen LogP contribution is -2.36. The van der Waals surface area contributed by atoms with Gasteiger partial charge in [0.1, 0.15) is 10.7 Å². The lowest BCUT2D eigenvalue weighted by atomic mass is 10.2. The molecule has 1 unspecified atom stereocenters. The Hall–Kier alpha value is -3.38. The molecular weight excluding hydrogens is 457 g/mol. The average Bonchev–Trinajstić information content (AvgIpc) is 2.80. The summed E-state index contributed by atoms with van der Waals surface area (Å²) >= 11 is 0. The topological polar surface area (TPSA) is 136 Å². The van der Waals surface area contributed by atoms with Crippen molar-refractivity contribution in [1.29, 1.82) is 0 Å². The number of amides is 1. The average molecular weight is 479 g/mol. The van der Waals surface area contributed by atoms with Crippen LogP contribution in [0.4, 0.5) is 15.8 Å². The van der Waals surface area contributed by atoms with Gasteiger partial charge in [0.05, 0.1) is 10.5 Å². The monoisotopic (exact) mass is 479 g/mol. The van der Waals surface area contributed by atoms with Crippen LogP contribution < -0.4 is 5.32 Å². The minimum Gasteiger partial charge on any atom is -0.449 e. The molecule has 1 aliphatic heterocycles. The zero-order chi connectivity index (χ0) is 24.2. The first kappa shape index (κ1) is 24.3. The van der Waals surface area contributed by atoms with Crippen molar-refractivity contribution < 1.29 is 32.1 Å². The van der Waals surface area contributed by atoms with Crippen molar-refractivity contribution in [2.75, 3.05) is 18.4 Å². The van der Waals surface area contributed by atoms with Crippen molar-refractivity contribution in [3.05, 3.63) is 64.0 Å². The van der Waals surface area contributed by atoms with Crippen LogP contribution in [0.25, 0.3) is 0 Å². The van der Waals surface area contributed by atoms with E-state index in [-0.39, 0.29) is 30.0 Å². The molecule has 1 amide bonds. The molecule has 33 heavy (non-hydrogen) atoms. The van der Waals surface area contributed by atoms with Gasteiger partial charge in [-0.3, -0.25) is 14.9 Å². The number of carbonyl (C=O) groups is 2. The molecule has 1 heterocycles. The van der Waals surface area contributed by atoms with Gasteiger partial charge in [-0.15, -0.1) is 0 Å². The van der Waals surface area contributed by atoms with Crippen molar-refractivity contribution in [2.45, 2.75) is 37.2 Å². The lowest BCUT2D eigenvalue weighted by molar-refractivity contribution is -0.384. The van der Waals surface area contributed by atoms with Crippen molar-refractivity contribution in [3.63, 3.8) is 0 Å². The highest BCUT2D eigenvalue weighted by atomic mass is 32.2. The van der Waals surface area contributed by atoms with Crippen LogP contribution >= 0.6 is 0 Å². The highest BCUT2D eigenvalue weighted by Gasteiger charge is 2.30. The number of piperidine rings is 1. The molecule has 1 N–H and O–H groups in total. The number of carbonyl (C=O) groups excluding carboxylic acids is 2. The molecule has 0 radical (unpaired) electrons. The molecule has 10 nitrogen and oxygen atoms in total. The van der Waals surface area contributed by atoms with E-state index in [9.17, 15) is 32.5 Å². The smallest absolute Gasteiger partial charge is 0.338 e. The van der Waals surface area contributed by atoms with Gasteiger partial charge in [-0.2, -0.15) is 4.31 Å². The second-order valence-electron chi connectivity index (χ2n) is 7.45. The van der Waals surface area contributed by atoms with E-state index in [1.807, 2.05) is 0 Å². The second-order valence-corrected chi connectivity index (χ2v) is 9.36. The third-order valence-corrected chi connectivity index (χ3v) is 7.01. The maximum Gasteiger partial charge on any atom is 0.338 e. The van der Waals surface area contributed by atoms with Crippen LogP contribution in [0, 0.1) is 15.9 Å². The zero-order valence-corrected chi connectivity index (χ0v) is 18.5. The van der Waals surface area contributed by atoms with Gasteiger partial charge in [0, 0.05) is 30.9 Å². The molecule has 3 rings (SSSR count). The maximum atomic E-state index is 14.3. The normalized spacial score (nSPS) is 15.5. The first-order valence-corrected chi connectivity index (χ1v) is 11.6. The quantitative estimate of drug-likeness (QED) is 0.366. The number of nitro groups is 1. The van der Waals surface area contributed by atoms with Gasteiger partial charge in [-0.25, -0.2) is 17.6 Å². The van der Waals surface area contributed by atoms with Gasteiger partial charge in [-0.1, -0.05) is 6.42 Å². The van der Waals surface area contributed by atoms with E-state index in [1.54, 1.807) is 0 Å². The minimum absolute atomic E-state index is 0.154. The molecule has 1 aliphatic rings. The van der Waals surface area contributed by atoms with Crippen LogP contribution in [0.1, 0.15) is 36.5 Å². The first-order chi connectivity index (χ1) is 15.6. The van der Waals surface area contributed by atoms with E-state index >= 15 is 0 Å². The van der Waals surface area contributed by atoms with E-state index in [2.05, 4.69) is 5.32 Å². The summed E-state index contributed by atoms with van der Waals surface area (Å²) in [5.74, 6) is -2.70. The molecule has 0 bridgehead atoms. The Labute approximate surface area is 189 Å². The number of nitrogens with zero attached hydrogens (tertiary/aromatic N) is 2. The molecule has 12 heteroatoms. The fourth-order valence-corrected chi connectivity index (χ4v) is 4.87. The van der Waals surface area contributed by atoms with E-state index in [0.717, 1.165) is 24.6 Å². The van der Waals surface area contributed by atoms with Gasteiger partial charge < -0.3 is 10.1 Å². The Morgan fingerprint density at radius 2 is 1.76 bits per heavy atom. The van der Waals surface area contributed by atoms with Crippen LogP contribution in [-0.4, -0.2) is 48.7 Å². The van der Waals surface area contributed by atoms with Crippen molar-refractivity contribution in [1.82, 2.24) is 4.31 Å². The number of anilines is 1. The molecule has 0 aromatic heterocycles. The molecule has 0 spiro atoms. The minimum atomic E-state index is -4.12. The SMILES string of the molecule is CC(OC(=O)c1ccc(F)c(S(=O)(=O)N2CCCCC2)c1)C(=O)Nc1ccc([N+](=O)[O-])cc1. The first-order valence-electron chi connectivity index (χ1n) is 10.2. The van der Waals surface area contributed by atoms with E-state index in [1.165, 1.54) is 35.5 Å². The summed E-state index contributed by atoms with van der Waals surface area (Å²) in [6.45, 7) is 1.85. The Balaban J connectivity index is 1.69. The van der Waals surface area contributed by atoms with Crippen LogP contribution in [0.2, 0.25) is 0 Å². The molecule has 176 valence electrons. The number of nitro benzene ring substituents is 1. The number of halogens is 1. The predicted octanol–water partition coefficient (Wildman–Crippen LogP) is 3.09. The van der Waals surface area contributed by atoms with Gasteiger partial charge in [-0.05, 0) is 50.1 Å². The second kappa shape index (κ2) is 10.0. The molecule has 1 saturated heterocycles. The zero-order valence-electron chi connectivity index (χ0n) is 17.7. The fourth-order valence-electron chi connectivity index (χ4n) is 3.26. The van der Waals surface area contributed by atoms with Crippen molar-refractivity contribution in [2.24, 2.45) is 0 Å².